The summed E-state index contributed by atoms with van der Waals surface area (Å²) in [5.74, 6) is -0.0718. The van der Waals surface area contributed by atoms with Crippen molar-refractivity contribution in [1.29, 1.82) is 0 Å². The van der Waals surface area contributed by atoms with Gasteiger partial charge in [0.2, 0.25) is 0 Å². The fourth-order valence-electron chi connectivity index (χ4n) is 2.51. The summed E-state index contributed by atoms with van der Waals surface area (Å²) in [7, 11) is 1.83. The van der Waals surface area contributed by atoms with E-state index in [4.69, 9.17) is 23.2 Å². The Bertz CT molecular complexity index is 577. The molecule has 0 heterocycles. The lowest BCUT2D eigenvalue weighted by molar-refractivity contribution is -0.863. The van der Waals surface area contributed by atoms with E-state index in [0.717, 1.165) is 10.5 Å². The van der Waals surface area contributed by atoms with E-state index in [9.17, 15) is 9.59 Å². The van der Waals surface area contributed by atoms with Gasteiger partial charge >= 0.3 is 0 Å². The van der Waals surface area contributed by atoms with Crippen LogP contribution >= 0.6 is 23.2 Å². The van der Waals surface area contributed by atoms with Crippen molar-refractivity contribution < 1.29 is 14.5 Å². The number of nitrogens with zero attached hydrogens (tertiary/aromatic N) is 1. The minimum atomic E-state index is -0.228. The fraction of sp³-hybridized carbons (Fsp3) is 0.529. The molecule has 0 aliphatic rings. The second kappa shape index (κ2) is 9.87. The van der Waals surface area contributed by atoms with Gasteiger partial charge in [0.1, 0.15) is 0 Å². The number of carbonyl (C=O) groups is 2. The standard InChI is InChI=1S/C17H25Cl2N3O2/c1-5-22(6-2)17(24)11-21(4)10-16(23)20-12(3)14-8-7-13(18)9-15(14)19/h7-9,12H,5-6,10-11H2,1-4H3,(H,20,23)/p+1/t12-/m1/s1. The molecule has 24 heavy (non-hydrogen) atoms. The summed E-state index contributed by atoms with van der Waals surface area (Å²) in [5.41, 5.74) is 0.811. The van der Waals surface area contributed by atoms with Gasteiger partial charge in [-0.3, -0.25) is 9.59 Å². The average Bonchev–Trinajstić information content (AvgIpc) is 2.47. The molecule has 1 rings (SSSR count). The molecule has 2 amide bonds. The van der Waals surface area contributed by atoms with Crippen molar-refractivity contribution in [2.45, 2.75) is 26.8 Å². The smallest absolute Gasteiger partial charge is 0.277 e. The molecule has 0 aliphatic carbocycles. The first-order chi connectivity index (χ1) is 11.3. The topological polar surface area (TPSA) is 53.9 Å². The average molecular weight is 375 g/mol. The highest BCUT2D eigenvalue weighted by Crippen LogP contribution is 2.25. The Hall–Kier alpha value is -1.30. The van der Waals surface area contributed by atoms with Gasteiger partial charge in [-0.05, 0) is 38.5 Å². The molecule has 0 aliphatic heterocycles. The third kappa shape index (κ3) is 6.30. The molecule has 0 radical (unpaired) electrons. The van der Waals surface area contributed by atoms with Gasteiger partial charge in [0.15, 0.2) is 13.1 Å². The van der Waals surface area contributed by atoms with E-state index >= 15 is 0 Å². The highest BCUT2D eigenvalue weighted by molar-refractivity contribution is 6.35. The van der Waals surface area contributed by atoms with Gasteiger partial charge in [-0.1, -0.05) is 29.3 Å². The third-order valence-corrected chi connectivity index (χ3v) is 4.40. The Morgan fingerprint density at radius 1 is 1.21 bits per heavy atom. The van der Waals surface area contributed by atoms with Crippen LogP contribution in [0.4, 0.5) is 0 Å². The summed E-state index contributed by atoms with van der Waals surface area (Å²) < 4.78 is 0. The van der Waals surface area contributed by atoms with Crippen molar-refractivity contribution >= 4 is 35.0 Å². The third-order valence-electron chi connectivity index (χ3n) is 3.84. The maximum absolute atomic E-state index is 12.2. The molecule has 1 aromatic carbocycles. The lowest BCUT2D eigenvalue weighted by Gasteiger charge is -2.21. The van der Waals surface area contributed by atoms with E-state index < -0.39 is 0 Å². The lowest BCUT2D eigenvalue weighted by Crippen LogP contribution is -3.11. The first-order valence-corrected chi connectivity index (χ1v) is 8.87. The molecule has 1 aromatic rings. The number of hydrogen-bond donors (Lipinski definition) is 2. The summed E-state index contributed by atoms with van der Waals surface area (Å²) in [4.78, 5) is 26.8. The summed E-state index contributed by atoms with van der Waals surface area (Å²) in [5, 5.41) is 3.98. The van der Waals surface area contributed by atoms with Gasteiger partial charge in [0.05, 0.1) is 13.1 Å². The first kappa shape index (κ1) is 20.7. The number of likely N-dealkylation sites (N-methyl/N-ethyl adjacent to an activating group) is 2. The zero-order chi connectivity index (χ0) is 18.3. The molecule has 0 spiro atoms. The maximum atomic E-state index is 12.2. The van der Waals surface area contributed by atoms with Crippen LogP contribution in [0.15, 0.2) is 18.2 Å². The largest absolute Gasteiger partial charge is 0.345 e. The number of halogens is 2. The van der Waals surface area contributed by atoms with Gasteiger partial charge in [0, 0.05) is 23.1 Å². The number of amides is 2. The molecule has 0 fully saturated rings. The van der Waals surface area contributed by atoms with Crippen LogP contribution < -0.4 is 10.2 Å². The van der Waals surface area contributed by atoms with Gasteiger partial charge in [-0.15, -0.1) is 0 Å². The second-order valence-corrected chi connectivity index (χ2v) is 6.68. The highest BCUT2D eigenvalue weighted by Gasteiger charge is 2.19. The van der Waals surface area contributed by atoms with Crippen molar-refractivity contribution in [3.8, 4) is 0 Å². The Kier molecular flexibility index (Phi) is 8.53. The summed E-state index contributed by atoms with van der Waals surface area (Å²) in [6, 6.07) is 4.97. The molecule has 2 atom stereocenters. The van der Waals surface area contributed by atoms with Crippen molar-refractivity contribution in [2.75, 3.05) is 33.2 Å². The molecule has 134 valence electrons. The van der Waals surface area contributed by atoms with Gasteiger partial charge < -0.3 is 15.1 Å². The number of nitrogens with one attached hydrogen (secondary N) is 2. The molecule has 5 nitrogen and oxygen atoms in total. The Morgan fingerprint density at radius 2 is 1.83 bits per heavy atom. The predicted molar refractivity (Wildman–Crippen MR) is 97.6 cm³/mol. The van der Waals surface area contributed by atoms with Crippen molar-refractivity contribution in [2.24, 2.45) is 0 Å². The van der Waals surface area contributed by atoms with Crippen LogP contribution in [0.5, 0.6) is 0 Å². The Morgan fingerprint density at radius 3 is 2.38 bits per heavy atom. The molecular weight excluding hydrogens is 349 g/mol. The van der Waals surface area contributed by atoms with Crippen LogP contribution in [0.1, 0.15) is 32.4 Å². The van der Waals surface area contributed by atoms with E-state index in [2.05, 4.69) is 5.32 Å². The minimum Gasteiger partial charge on any atom is -0.345 e. The summed E-state index contributed by atoms with van der Waals surface area (Å²) in [6.45, 7) is 7.64. The van der Waals surface area contributed by atoms with Crippen LogP contribution in [-0.2, 0) is 9.59 Å². The normalized spacial score (nSPS) is 13.2. The van der Waals surface area contributed by atoms with Gasteiger partial charge in [-0.2, -0.15) is 0 Å². The van der Waals surface area contributed by atoms with Crippen LogP contribution in [0.3, 0.4) is 0 Å². The molecule has 7 heteroatoms. The lowest BCUT2D eigenvalue weighted by atomic mass is 10.1. The van der Waals surface area contributed by atoms with Crippen LogP contribution in [0, 0.1) is 0 Å². The fourth-order valence-corrected chi connectivity index (χ4v) is 3.08. The number of hydrogen-bond acceptors (Lipinski definition) is 2. The SMILES string of the molecule is CCN(CC)C(=O)C[NH+](C)CC(=O)N[C@H](C)c1ccc(Cl)cc1Cl. The molecule has 0 saturated carbocycles. The van der Waals surface area contributed by atoms with E-state index in [-0.39, 0.29) is 24.4 Å². The molecule has 2 N–H and O–H groups in total. The van der Waals surface area contributed by atoms with Crippen molar-refractivity contribution in [3.05, 3.63) is 33.8 Å². The van der Waals surface area contributed by atoms with Crippen molar-refractivity contribution in [1.82, 2.24) is 10.2 Å². The highest BCUT2D eigenvalue weighted by atomic mass is 35.5. The molecule has 0 saturated heterocycles. The number of carbonyl (C=O) groups excluding carboxylic acids is 2. The number of benzene rings is 1. The summed E-state index contributed by atoms with van der Waals surface area (Å²) in [6.07, 6.45) is 0. The van der Waals surface area contributed by atoms with Gasteiger partial charge in [0.25, 0.3) is 11.8 Å². The monoisotopic (exact) mass is 374 g/mol. The molecule has 0 aromatic heterocycles. The number of quaternary nitrogens is 1. The van der Waals surface area contributed by atoms with E-state index in [1.807, 2.05) is 27.8 Å². The zero-order valence-electron chi connectivity index (χ0n) is 14.7. The Balaban J connectivity index is 2.54. The predicted octanol–water partition coefficient (Wildman–Crippen LogP) is 1.55. The van der Waals surface area contributed by atoms with E-state index in [1.54, 1.807) is 23.1 Å². The Labute approximate surface area is 153 Å². The maximum Gasteiger partial charge on any atom is 0.277 e. The van der Waals surface area contributed by atoms with Crippen LogP contribution in [0.2, 0.25) is 10.0 Å². The quantitative estimate of drug-likeness (QED) is 0.725. The van der Waals surface area contributed by atoms with E-state index in [1.165, 1.54) is 0 Å². The van der Waals surface area contributed by atoms with Crippen LogP contribution in [0.25, 0.3) is 0 Å². The molecule has 1 unspecified atom stereocenters. The van der Waals surface area contributed by atoms with E-state index in [0.29, 0.717) is 29.7 Å². The van der Waals surface area contributed by atoms with Crippen molar-refractivity contribution in [3.63, 3.8) is 0 Å². The second-order valence-electron chi connectivity index (χ2n) is 5.83. The first-order valence-electron chi connectivity index (χ1n) is 8.11. The number of rotatable bonds is 8. The minimum absolute atomic E-state index is 0.0547. The summed E-state index contributed by atoms with van der Waals surface area (Å²) >= 11 is 12.0. The molecular formula is C17H26Cl2N3O2+. The van der Waals surface area contributed by atoms with Gasteiger partial charge in [-0.25, -0.2) is 0 Å². The molecule has 0 bridgehead atoms. The van der Waals surface area contributed by atoms with Crippen LogP contribution in [-0.4, -0.2) is 49.9 Å². The zero-order valence-corrected chi connectivity index (χ0v) is 16.2.